The van der Waals surface area contributed by atoms with Crippen LogP contribution in [0.15, 0.2) is 48.1 Å². The summed E-state index contributed by atoms with van der Waals surface area (Å²) < 4.78 is 10.1. The Morgan fingerprint density at radius 3 is 2.12 bits per heavy atom. The number of carbonyl (C=O) groups is 3. The molecule has 1 aliphatic carbocycles. The molecule has 132 valence electrons. The molecule has 0 aromatic heterocycles. The number of ketones is 1. The van der Waals surface area contributed by atoms with Gasteiger partial charge in [0.05, 0.1) is 13.2 Å². The maximum absolute atomic E-state index is 12.7. The molecule has 0 bridgehead atoms. The second kappa shape index (κ2) is 7.92. The van der Waals surface area contributed by atoms with Crippen LogP contribution in [0.3, 0.4) is 0 Å². The van der Waals surface area contributed by atoms with Crippen molar-refractivity contribution in [3.05, 3.63) is 53.6 Å². The predicted octanol–water partition coefficient (Wildman–Crippen LogP) is 3.10. The lowest BCUT2D eigenvalue weighted by molar-refractivity contribution is -0.174. The zero-order valence-corrected chi connectivity index (χ0v) is 14.5. The van der Waals surface area contributed by atoms with Gasteiger partial charge >= 0.3 is 11.9 Å². The molecular formula is C20H22O5. The number of Topliss-reactive ketones (excluding diaryl/α,β-unsaturated/α-hetero) is 1. The van der Waals surface area contributed by atoms with Crippen molar-refractivity contribution >= 4 is 23.8 Å². The molecule has 2 rings (SSSR count). The lowest BCUT2D eigenvalue weighted by Crippen LogP contribution is -2.46. The molecule has 1 aliphatic rings. The maximum atomic E-state index is 12.7. The number of hydrogen-bond donors (Lipinski definition) is 0. The fraction of sp³-hybridized carbons (Fsp3) is 0.350. The van der Waals surface area contributed by atoms with Gasteiger partial charge in [0, 0.05) is 12.0 Å². The Kier molecular flexibility index (Phi) is 5.91. The molecule has 0 spiro atoms. The summed E-state index contributed by atoms with van der Waals surface area (Å²) in [4.78, 5) is 37.6. The molecule has 1 aromatic rings. The molecule has 0 amide bonds. The lowest BCUT2D eigenvalue weighted by atomic mass is 9.69. The van der Waals surface area contributed by atoms with Crippen molar-refractivity contribution in [1.29, 1.82) is 0 Å². The standard InChI is InChI=1S/C20H22O5/c1-4-24-18(22)20(19(23)25-5-2)12-14(3)16(17(21)13-20)11-15-9-7-6-8-10-15/h6-11H,3-5,12-13H2,1-2H3/b16-11+. The average Bonchev–Trinajstić information content (AvgIpc) is 2.59. The first-order valence-corrected chi connectivity index (χ1v) is 8.27. The van der Waals surface area contributed by atoms with Gasteiger partial charge in [-0.2, -0.15) is 0 Å². The van der Waals surface area contributed by atoms with Gasteiger partial charge in [-0.25, -0.2) is 0 Å². The maximum Gasteiger partial charge on any atom is 0.324 e. The summed E-state index contributed by atoms with van der Waals surface area (Å²) in [5.74, 6) is -1.79. The molecule has 1 aromatic carbocycles. The van der Waals surface area contributed by atoms with Crippen molar-refractivity contribution in [3.8, 4) is 0 Å². The Labute approximate surface area is 147 Å². The first-order valence-electron chi connectivity index (χ1n) is 8.27. The van der Waals surface area contributed by atoms with Crippen LogP contribution in [-0.2, 0) is 23.9 Å². The predicted molar refractivity (Wildman–Crippen MR) is 93.5 cm³/mol. The zero-order chi connectivity index (χ0) is 18.4. The minimum atomic E-state index is -1.64. The van der Waals surface area contributed by atoms with Gasteiger partial charge in [-0.15, -0.1) is 0 Å². The number of carbonyl (C=O) groups excluding carboxylic acids is 3. The van der Waals surface area contributed by atoms with Crippen molar-refractivity contribution in [2.75, 3.05) is 13.2 Å². The van der Waals surface area contributed by atoms with E-state index in [1.165, 1.54) is 0 Å². The van der Waals surface area contributed by atoms with Gasteiger partial charge < -0.3 is 9.47 Å². The van der Waals surface area contributed by atoms with Crippen LogP contribution in [0.25, 0.3) is 6.08 Å². The SMILES string of the molecule is C=C1CC(C(=O)OCC)(C(=O)OCC)CC(=O)/C1=C/c1ccccc1. The molecule has 0 radical (unpaired) electrons. The van der Waals surface area contributed by atoms with Gasteiger partial charge in [0.2, 0.25) is 0 Å². The zero-order valence-electron chi connectivity index (χ0n) is 14.5. The summed E-state index contributed by atoms with van der Waals surface area (Å²) in [5.41, 5.74) is 0.0669. The number of allylic oxidation sites excluding steroid dienone is 2. The van der Waals surface area contributed by atoms with Crippen molar-refractivity contribution in [2.45, 2.75) is 26.7 Å². The van der Waals surface area contributed by atoms with Crippen LogP contribution < -0.4 is 0 Å². The van der Waals surface area contributed by atoms with E-state index in [1.807, 2.05) is 30.3 Å². The second-order valence-electron chi connectivity index (χ2n) is 5.87. The van der Waals surface area contributed by atoms with E-state index >= 15 is 0 Å². The van der Waals surface area contributed by atoms with Gasteiger partial charge in [0.1, 0.15) is 0 Å². The van der Waals surface area contributed by atoms with Gasteiger partial charge in [-0.1, -0.05) is 36.9 Å². The van der Waals surface area contributed by atoms with E-state index < -0.39 is 17.4 Å². The highest BCUT2D eigenvalue weighted by molar-refractivity contribution is 6.13. The van der Waals surface area contributed by atoms with Crippen LogP contribution >= 0.6 is 0 Å². The van der Waals surface area contributed by atoms with Gasteiger partial charge in [-0.3, -0.25) is 14.4 Å². The monoisotopic (exact) mass is 342 g/mol. The Morgan fingerprint density at radius 2 is 1.64 bits per heavy atom. The van der Waals surface area contributed by atoms with Gasteiger partial charge in [0.15, 0.2) is 11.2 Å². The third-order valence-electron chi connectivity index (χ3n) is 4.10. The highest BCUT2D eigenvalue weighted by atomic mass is 16.6. The van der Waals surface area contributed by atoms with Crippen LogP contribution in [-0.4, -0.2) is 30.9 Å². The summed E-state index contributed by atoms with van der Waals surface area (Å²) in [6.45, 7) is 7.45. The molecule has 0 aliphatic heterocycles. The highest BCUT2D eigenvalue weighted by Crippen LogP contribution is 2.42. The molecule has 1 saturated carbocycles. The third-order valence-corrected chi connectivity index (χ3v) is 4.10. The van der Waals surface area contributed by atoms with E-state index in [9.17, 15) is 14.4 Å². The number of esters is 2. The Balaban J connectivity index is 2.38. The van der Waals surface area contributed by atoms with Crippen LogP contribution in [0.2, 0.25) is 0 Å². The van der Waals surface area contributed by atoms with Crippen LogP contribution in [0.4, 0.5) is 0 Å². The number of benzene rings is 1. The molecule has 0 N–H and O–H groups in total. The molecule has 0 saturated heterocycles. The molecule has 5 heteroatoms. The van der Waals surface area contributed by atoms with E-state index in [4.69, 9.17) is 9.47 Å². The first-order chi connectivity index (χ1) is 11.9. The van der Waals surface area contributed by atoms with E-state index in [1.54, 1.807) is 19.9 Å². The largest absolute Gasteiger partial charge is 0.465 e. The van der Waals surface area contributed by atoms with Gasteiger partial charge in [0.25, 0.3) is 0 Å². The highest BCUT2D eigenvalue weighted by Gasteiger charge is 2.54. The Bertz CT molecular complexity index is 675. The van der Waals surface area contributed by atoms with Crippen molar-refractivity contribution < 1.29 is 23.9 Å². The fourth-order valence-electron chi connectivity index (χ4n) is 2.90. The molecule has 25 heavy (non-hydrogen) atoms. The number of hydrogen-bond acceptors (Lipinski definition) is 5. The van der Waals surface area contributed by atoms with Crippen LogP contribution in [0.5, 0.6) is 0 Å². The summed E-state index contributed by atoms with van der Waals surface area (Å²) in [5, 5.41) is 0. The quantitative estimate of drug-likeness (QED) is 0.467. The summed E-state index contributed by atoms with van der Waals surface area (Å²) >= 11 is 0. The third kappa shape index (κ3) is 3.87. The van der Waals surface area contributed by atoms with Crippen molar-refractivity contribution in [3.63, 3.8) is 0 Å². The smallest absolute Gasteiger partial charge is 0.324 e. The van der Waals surface area contributed by atoms with Crippen LogP contribution in [0.1, 0.15) is 32.3 Å². The minimum absolute atomic E-state index is 0.00900. The second-order valence-corrected chi connectivity index (χ2v) is 5.87. The normalized spacial score (nSPS) is 18.1. The van der Waals surface area contributed by atoms with Crippen LogP contribution in [0, 0.1) is 5.41 Å². The molecular weight excluding hydrogens is 320 g/mol. The summed E-state index contributed by atoms with van der Waals surface area (Å²) in [6, 6.07) is 9.35. The topological polar surface area (TPSA) is 69.7 Å². The number of ether oxygens (including phenoxy) is 2. The van der Waals surface area contributed by atoms with E-state index in [-0.39, 0.29) is 31.8 Å². The first kappa shape index (κ1) is 18.6. The van der Waals surface area contributed by atoms with E-state index in [2.05, 4.69) is 6.58 Å². The molecule has 1 fully saturated rings. The molecule has 5 nitrogen and oxygen atoms in total. The lowest BCUT2D eigenvalue weighted by Gasteiger charge is -2.33. The van der Waals surface area contributed by atoms with E-state index in [0.717, 1.165) is 5.56 Å². The Hall–Kier alpha value is -2.69. The van der Waals surface area contributed by atoms with Gasteiger partial charge in [-0.05, 0) is 37.5 Å². The molecule has 0 heterocycles. The molecule has 0 unspecified atom stereocenters. The molecule has 0 atom stereocenters. The minimum Gasteiger partial charge on any atom is -0.465 e. The van der Waals surface area contributed by atoms with Crippen molar-refractivity contribution in [1.82, 2.24) is 0 Å². The van der Waals surface area contributed by atoms with Crippen molar-refractivity contribution in [2.24, 2.45) is 5.41 Å². The number of rotatable bonds is 5. The Morgan fingerprint density at radius 1 is 1.08 bits per heavy atom. The average molecular weight is 342 g/mol. The fourth-order valence-corrected chi connectivity index (χ4v) is 2.90. The summed E-state index contributed by atoms with van der Waals surface area (Å²) in [7, 11) is 0. The van der Waals surface area contributed by atoms with E-state index in [0.29, 0.717) is 11.1 Å². The summed E-state index contributed by atoms with van der Waals surface area (Å²) in [6.07, 6.45) is 1.46.